The minimum Gasteiger partial charge on any atom is -0.446 e. The molecule has 3 heterocycles. The van der Waals surface area contributed by atoms with Gasteiger partial charge in [-0.2, -0.15) is 4.98 Å². The van der Waals surface area contributed by atoms with Crippen molar-refractivity contribution in [3.63, 3.8) is 0 Å². The highest BCUT2D eigenvalue weighted by Gasteiger charge is 2.15. The number of pyridine rings is 1. The van der Waals surface area contributed by atoms with Crippen LogP contribution in [0.15, 0.2) is 41.2 Å². The van der Waals surface area contributed by atoms with E-state index in [0.29, 0.717) is 29.9 Å². The Bertz CT molecular complexity index is 1340. The molecule has 0 atom stereocenters. The van der Waals surface area contributed by atoms with Crippen LogP contribution in [-0.4, -0.2) is 49.3 Å². The van der Waals surface area contributed by atoms with Crippen LogP contribution in [-0.2, 0) is 9.53 Å². The molecule has 4 rings (SSSR count). The molecule has 34 heavy (non-hydrogen) atoms. The summed E-state index contributed by atoms with van der Waals surface area (Å²) in [6.45, 7) is 7.27. The monoisotopic (exact) mass is 463 g/mol. The molecule has 4 aromatic rings. The fourth-order valence-corrected chi connectivity index (χ4v) is 3.34. The number of hydrogen-bond acceptors (Lipinski definition) is 9. The van der Waals surface area contributed by atoms with Crippen LogP contribution in [0.4, 0.5) is 16.4 Å². The first kappa shape index (κ1) is 22.9. The van der Waals surface area contributed by atoms with Crippen molar-refractivity contribution in [3.8, 4) is 11.4 Å². The largest absolute Gasteiger partial charge is 0.446 e. The highest BCUT2D eigenvalue weighted by Crippen LogP contribution is 2.26. The topological polar surface area (TPSA) is 137 Å². The predicted octanol–water partition coefficient (Wildman–Crippen LogP) is 3.93. The molecule has 0 bridgehead atoms. The van der Waals surface area contributed by atoms with Crippen molar-refractivity contribution in [1.29, 1.82) is 0 Å². The van der Waals surface area contributed by atoms with E-state index in [4.69, 9.17) is 9.26 Å². The number of nitrogens with one attached hydrogen (secondary N) is 2. The van der Waals surface area contributed by atoms with E-state index in [1.165, 1.54) is 10.8 Å². The van der Waals surface area contributed by atoms with Crippen molar-refractivity contribution < 1.29 is 18.8 Å². The van der Waals surface area contributed by atoms with Crippen molar-refractivity contribution in [2.45, 2.75) is 40.2 Å². The molecule has 176 valence electrons. The number of imidazole rings is 1. The molecule has 11 nitrogen and oxygen atoms in total. The molecule has 0 saturated carbocycles. The first-order valence-electron chi connectivity index (χ1n) is 10.8. The number of amides is 1. The molecule has 0 aliphatic rings. The third kappa shape index (κ3) is 5.20. The Morgan fingerprint density at radius 1 is 1.18 bits per heavy atom. The molecule has 0 saturated heterocycles. The van der Waals surface area contributed by atoms with Gasteiger partial charge < -0.3 is 19.9 Å². The van der Waals surface area contributed by atoms with Gasteiger partial charge in [-0.1, -0.05) is 17.3 Å². The van der Waals surface area contributed by atoms with Crippen LogP contribution < -0.4 is 10.6 Å². The zero-order valence-corrected chi connectivity index (χ0v) is 19.3. The van der Waals surface area contributed by atoms with E-state index < -0.39 is 6.09 Å². The van der Waals surface area contributed by atoms with Gasteiger partial charge in [-0.3, -0.25) is 4.79 Å². The van der Waals surface area contributed by atoms with Gasteiger partial charge in [0.2, 0.25) is 17.6 Å². The Kier molecular flexibility index (Phi) is 6.53. The average molecular weight is 463 g/mol. The van der Waals surface area contributed by atoms with E-state index in [-0.39, 0.29) is 24.2 Å². The standard InChI is InChI=1S/C23H25N7O4/c1-13(2)33-23(32)30-12-19(26-14(30)3)28-20(31)8-10-25-22-18-11-17(21-27-15(4)34-29-21)6-5-16(18)7-9-24-22/h5-7,9,11-13H,8,10H2,1-4H3,(H,24,25)(H,28,31). The molecule has 3 aromatic heterocycles. The molecule has 0 fully saturated rings. The molecule has 0 spiro atoms. The van der Waals surface area contributed by atoms with Gasteiger partial charge in [0.25, 0.3) is 0 Å². The molecule has 11 heteroatoms. The Morgan fingerprint density at radius 2 is 2.00 bits per heavy atom. The highest BCUT2D eigenvalue weighted by molar-refractivity contribution is 5.95. The maximum atomic E-state index is 12.4. The number of ether oxygens (including phenoxy) is 1. The highest BCUT2D eigenvalue weighted by atomic mass is 16.6. The molecule has 0 radical (unpaired) electrons. The quantitative estimate of drug-likeness (QED) is 0.417. The van der Waals surface area contributed by atoms with Crippen LogP contribution >= 0.6 is 0 Å². The number of nitrogens with zero attached hydrogens (tertiary/aromatic N) is 5. The van der Waals surface area contributed by atoms with E-state index in [2.05, 4.69) is 30.7 Å². The second-order valence-electron chi connectivity index (χ2n) is 7.93. The Balaban J connectivity index is 1.39. The molecular formula is C23H25N7O4. The second-order valence-corrected chi connectivity index (χ2v) is 7.93. The molecule has 1 amide bonds. The second kappa shape index (κ2) is 9.69. The molecule has 0 unspecified atom stereocenters. The number of anilines is 2. The van der Waals surface area contributed by atoms with E-state index in [9.17, 15) is 9.59 Å². The summed E-state index contributed by atoms with van der Waals surface area (Å²) in [5.41, 5.74) is 0.806. The smallest absolute Gasteiger partial charge is 0.419 e. The third-order valence-electron chi connectivity index (χ3n) is 4.88. The first-order valence-corrected chi connectivity index (χ1v) is 10.8. The van der Waals surface area contributed by atoms with Crippen molar-refractivity contribution in [2.24, 2.45) is 0 Å². The summed E-state index contributed by atoms with van der Waals surface area (Å²) >= 11 is 0. The van der Waals surface area contributed by atoms with Crippen molar-refractivity contribution in [1.82, 2.24) is 24.7 Å². The van der Waals surface area contributed by atoms with Gasteiger partial charge in [-0.25, -0.2) is 19.3 Å². The van der Waals surface area contributed by atoms with Crippen LogP contribution in [0.25, 0.3) is 22.2 Å². The van der Waals surface area contributed by atoms with E-state index in [1.54, 1.807) is 33.9 Å². The van der Waals surface area contributed by atoms with Gasteiger partial charge in [-0.05, 0) is 38.3 Å². The molecule has 0 aliphatic heterocycles. The number of benzene rings is 1. The maximum Gasteiger partial charge on any atom is 0.419 e. The van der Waals surface area contributed by atoms with Crippen LogP contribution in [0.3, 0.4) is 0 Å². The van der Waals surface area contributed by atoms with Crippen molar-refractivity contribution in [2.75, 3.05) is 17.2 Å². The van der Waals surface area contributed by atoms with Gasteiger partial charge in [0.1, 0.15) is 11.6 Å². The van der Waals surface area contributed by atoms with Gasteiger partial charge in [-0.15, -0.1) is 0 Å². The number of aromatic nitrogens is 5. The summed E-state index contributed by atoms with van der Waals surface area (Å²) < 4.78 is 11.5. The predicted molar refractivity (Wildman–Crippen MR) is 125 cm³/mol. The number of rotatable bonds is 7. The molecule has 0 aliphatic carbocycles. The Morgan fingerprint density at radius 3 is 2.74 bits per heavy atom. The Hall–Kier alpha value is -4.28. The number of carbonyl (C=O) groups excluding carboxylic acids is 2. The minimum atomic E-state index is -0.542. The lowest BCUT2D eigenvalue weighted by atomic mass is 10.1. The van der Waals surface area contributed by atoms with Crippen molar-refractivity contribution >= 4 is 34.4 Å². The molecule has 1 aromatic carbocycles. The number of fused-ring (bicyclic) bond motifs is 1. The van der Waals surface area contributed by atoms with E-state index in [0.717, 1.165) is 16.3 Å². The van der Waals surface area contributed by atoms with Crippen LogP contribution in [0, 0.1) is 13.8 Å². The summed E-state index contributed by atoms with van der Waals surface area (Å²) in [6.07, 6.45) is 2.52. The van der Waals surface area contributed by atoms with Crippen LogP contribution in [0.5, 0.6) is 0 Å². The van der Waals surface area contributed by atoms with Crippen LogP contribution in [0.1, 0.15) is 32.0 Å². The van der Waals surface area contributed by atoms with Crippen molar-refractivity contribution in [3.05, 3.63) is 48.4 Å². The maximum absolute atomic E-state index is 12.4. The fraction of sp³-hybridized carbons (Fsp3) is 0.304. The summed E-state index contributed by atoms with van der Waals surface area (Å²) in [6, 6.07) is 7.71. The SMILES string of the molecule is Cc1nc(-c2ccc3ccnc(NCCC(=O)Nc4cn(C(=O)OC(C)C)c(C)n4)c3c2)no1. The lowest BCUT2D eigenvalue weighted by Crippen LogP contribution is -2.18. The summed E-state index contributed by atoms with van der Waals surface area (Å²) in [4.78, 5) is 37.4. The summed E-state index contributed by atoms with van der Waals surface area (Å²) in [5.74, 6) is 2.09. The Labute approximate surface area is 195 Å². The fourth-order valence-electron chi connectivity index (χ4n) is 3.34. The first-order chi connectivity index (χ1) is 16.3. The van der Waals surface area contributed by atoms with Crippen LogP contribution in [0.2, 0.25) is 0 Å². The summed E-state index contributed by atoms with van der Waals surface area (Å²) in [5, 5.41) is 11.7. The average Bonchev–Trinajstić information content (AvgIpc) is 3.38. The lowest BCUT2D eigenvalue weighted by Gasteiger charge is -2.09. The zero-order chi connectivity index (χ0) is 24.2. The van der Waals surface area contributed by atoms with Gasteiger partial charge in [0.15, 0.2) is 5.82 Å². The third-order valence-corrected chi connectivity index (χ3v) is 4.88. The summed E-state index contributed by atoms with van der Waals surface area (Å²) in [7, 11) is 0. The number of carbonyl (C=O) groups is 2. The number of hydrogen-bond donors (Lipinski definition) is 2. The minimum absolute atomic E-state index is 0.171. The normalized spacial score (nSPS) is 11.1. The van der Waals surface area contributed by atoms with E-state index >= 15 is 0 Å². The number of aryl methyl sites for hydroxylation is 2. The van der Waals surface area contributed by atoms with Gasteiger partial charge in [0, 0.05) is 37.0 Å². The van der Waals surface area contributed by atoms with Gasteiger partial charge in [0.05, 0.1) is 12.3 Å². The van der Waals surface area contributed by atoms with Gasteiger partial charge >= 0.3 is 6.09 Å². The lowest BCUT2D eigenvalue weighted by molar-refractivity contribution is -0.116. The van der Waals surface area contributed by atoms with E-state index in [1.807, 2.05) is 24.3 Å². The molecule has 2 N–H and O–H groups in total. The zero-order valence-electron chi connectivity index (χ0n) is 19.3. The molecular weight excluding hydrogens is 438 g/mol.